The molecule has 0 radical (unpaired) electrons. The quantitative estimate of drug-likeness (QED) is 0.680. The first-order chi connectivity index (χ1) is 10.2. The maximum absolute atomic E-state index is 11.8. The lowest BCUT2D eigenvalue weighted by Crippen LogP contribution is -2.57. The lowest BCUT2D eigenvalue weighted by atomic mass is 10.1. The Morgan fingerprint density at radius 2 is 2.09 bits per heavy atom. The molecule has 2 rings (SSSR count). The van der Waals surface area contributed by atoms with Gasteiger partial charge in [-0.05, 0) is 32.9 Å². The lowest BCUT2D eigenvalue weighted by molar-refractivity contribution is -0.384. The maximum atomic E-state index is 11.8. The van der Waals surface area contributed by atoms with Crippen molar-refractivity contribution < 1.29 is 14.5 Å². The SMILES string of the molecule is CC(C)(C)OC(=O)N1CC(Nc2ccc([N+](=O)[O-])c(Cl)c2)C1. The van der Waals surface area contributed by atoms with Crippen LogP contribution in [0.4, 0.5) is 16.2 Å². The van der Waals surface area contributed by atoms with E-state index in [1.54, 1.807) is 11.0 Å². The third-order valence-electron chi connectivity index (χ3n) is 3.05. The molecule has 22 heavy (non-hydrogen) atoms. The molecule has 120 valence electrons. The number of amides is 1. The highest BCUT2D eigenvalue weighted by molar-refractivity contribution is 6.32. The number of nitrogens with one attached hydrogen (secondary N) is 1. The van der Waals surface area contributed by atoms with Crippen molar-refractivity contribution in [3.63, 3.8) is 0 Å². The first-order valence-corrected chi connectivity index (χ1v) is 7.22. The normalized spacial score (nSPS) is 15.2. The fourth-order valence-electron chi connectivity index (χ4n) is 2.03. The number of benzene rings is 1. The number of likely N-dealkylation sites (tertiary alicyclic amines) is 1. The molecule has 1 aliphatic heterocycles. The minimum Gasteiger partial charge on any atom is -0.444 e. The van der Waals surface area contributed by atoms with Gasteiger partial charge in [0.2, 0.25) is 0 Å². The van der Waals surface area contributed by atoms with Crippen molar-refractivity contribution in [1.29, 1.82) is 0 Å². The number of carbonyl (C=O) groups excluding carboxylic acids is 1. The van der Waals surface area contributed by atoms with Crippen LogP contribution in [0, 0.1) is 10.1 Å². The molecule has 0 bridgehead atoms. The second kappa shape index (κ2) is 6.00. The number of nitro groups is 1. The molecule has 0 unspecified atom stereocenters. The second-order valence-corrected chi connectivity index (χ2v) is 6.56. The van der Waals surface area contributed by atoms with Gasteiger partial charge in [-0.15, -0.1) is 0 Å². The van der Waals surface area contributed by atoms with E-state index in [2.05, 4.69) is 5.32 Å². The van der Waals surface area contributed by atoms with Crippen molar-refractivity contribution in [1.82, 2.24) is 4.90 Å². The van der Waals surface area contributed by atoms with Gasteiger partial charge in [0.1, 0.15) is 10.6 Å². The van der Waals surface area contributed by atoms with E-state index in [4.69, 9.17) is 16.3 Å². The molecule has 1 N–H and O–H groups in total. The molecule has 0 atom stereocenters. The van der Waals surface area contributed by atoms with E-state index in [9.17, 15) is 14.9 Å². The molecule has 0 spiro atoms. The topological polar surface area (TPSA) is 84.7 Å². The van der Waals surface area contributed by atoms with Crippen molar-refractivity contribution in [3.05, 3.63) is 33.3 Å². The van der Waals surface area contributed by atoms with Crippen LogP contribution in [0.5, 0.6) is 0 Å². The molecule has 1 heterocycles. The van der Waals surface area contributed by atoms with Gasteiger partial charge in [-0.3, -0.25) is 10.1 Å². The highest BCUT2D eigenvalue weighted by Crippen LogP contribution is 2.28. The summed E-state index contributed by atoms with van der Waals surface area (Å²) in [7, 11) is 0. The van der Waals surface area contributed by atoms with Crippen LogP contribution in [0.1, 0.15) is 20.8 Å². The van der Waals surface area contributed by atoms with E-state index in [1.165, 1.54) is 12.1 Å². The van der Waals surface area contributed by atoms with Crippen molar-refractivity contribution in [2.45, 2.75) is 32.4 Å². The van der Waals surface area contributed by atoms with Gasteiger partial charge in [0.05, 0.1) is 11.0 Å². The van der Waals surface area contributed by atoms with E-state index in [1.807, 2.05) is 20.8 Å². The largest absolute Gasteiger partial charge is 0.444 e. The standard InChI is InChI=1S/C14H18ClN3O4/c1-14(2,3)22-13(19)17-7-10(8-17)16-9-4-5-12(18(20)21)11(15)6-9/h4-6,10,16H,7-8H2,1-3H3. The van der Waals surface area contributed by atoms with Crippen LogP contribution in [0.2, 0.25) is 5.02 Å². The highest BCUT2D eigenvalue weighted by atomic mass is 35.5. The summed E-state index contributed by atoms with van der Waals surface area (Å²) in [6, 6.07) is 4.54. The first kappa shape index (κ1) is 16.4. The molecule has 1 amide bonds. The van der Waals surface area contributed by atoms with Gasteiger partial charge >= 0.3 is 6.09 Å². The van der Waals surface area contributed by atoms with Crippen molar-refractivity contribution in [2.24, 2.45) is 0 Å². The smallest absolute Gasteiger partial charge is 0.410 e. The minimum atomic E-state index is -0.528. The monoisotopic (exact) mass is 327 g/mol. The number of anilines is 1. The number of halogens is 1. The molecule has 0 saturated carbocycles. The molecule has 1 aliphatic rings. The van der Waals surface area contributed by atoms with E-state index >= 15 is 0 Å². The fourth-order valence-corrected chi connectivity index (χ4v) is 2.28. The van der Waals surface area contributed by atoms with Gasteiger partial charge in [-0.1, -0.05) is 11.6 Å². The summed E-state index contributed by atoms with van der Waals surface area (Å²) in [5.74, 6) is 0. The number of nitro benzene ring substituents is 1. The number of ether oxygens (including phenoxy) is 1. The Morgan fingerprint density at radius 3 is 2.59 bits per heavy atom. The zero-order chi connectivity index (χ0) is 16.5. The Balaban J connectivity index is 1.87. The molecule has 1 aromatic carbocycles. The number of rotatable bonds is 3. The molecular weight excluding hydrogens is 310 g/mol. The van der Waals surface area contributed by atoms with Crippen LogP contribution in [0.25, 0.3) is 0 Å². The Morgan fingerprint density at radius 1 is 1.45 bits per heavy atom. The van der Waals surface area contributed by atoms with Crippen LogP contribution < -0.4 is 5.32 Å². The average molecular weight is 328 g/mol. The van der Waals surface area contributed by atoms with Crippen molar-refractivity contribution in [2.75, 3.05) is 18.4 Å². The third kappa shape index (κ3) is 4.00. The predicted octanol–water partition coefficient (Wildman–Crippen LogP) is 3.28. The third-order valence-corrected chi connectivity index (χ3v) is 3.35. The molecule has 8 heteroatoms. The Labute approximate surface area is 133 Å². The van der Waals surface area contributed by atoms with Gasteiger partial charge in [-0.25, -0.2) is 4.79 Å². The Hall–Kier alpha value is -2.02. The van der Waals surface area contributed by atoms with Crippen molar-refractivity contribution in [3.8, 4) is 0 Å². The molecule has 1 fully saturated rings. The summed E-state index contributed by atoms with van der Waals surface area (Å²) in [4.78, 5) is 23.6. The zero-order valence-electron chi connectivity index (χ0n) is 12.6. The summed E-state index contributed by atoms with van der Waals surface area (Å²) in [5.41, 5.74) is 0.0437. The van der Waals surface area contributed by atoms with Crippen LogP contribution in [0.3, 0.4) is 0 Å². The average Bonchev–Trinajstić information content (AvgIpc) is 2.30. The van der Waals surface area contributed by atoms with Crippen molar-refractivity contribution >= 4 is 29.1 Å². The minimum absolute atomic E-state index is 0.0741. The summed E-state index contributed by atoms with van der Waals surface area (Å²) in [5, 5.41) is 14.0. The number of hydrogen-bond acceptors (Lipinski definition) is 5. The van der Waals surface area contributed by atoms with E-state index < -0.39 is 10.5 Å². The first-order valence-electron chi connectivity index (χ1n) is 6.84. The summed E-state index contributed by atoms with van der Waals surface area (Å²) >= 11 is 5.85. The summed E-state index contributed by atoms with van der Waals surface area (Å²) in [6.07, 6.45) is -0.340. The van der Waals surface area contributed by atoms with Gasteiger partial charge in [0.25, 0.3) is 5.69 Å². The van der Waals surface area contributed by atoms with Gasteiger partial charge in [0.15, 0.2) is 0 Å². The molecule has 0 aliphatic carbocycles. The van der Waals surface area contributed by atoms with Crippen LogP contribution in [-0.2, 0) is 4.74 Å². The van der Waals surface area contributed by atoms with E-state index in [0.717, 1.165) is 0 Å². The number of nitrogens with zero attached hydrogens (tertiary/aromatic N) is 2. The Bertz CT molecular complexity index is 594. The van der Waals surface area contributed by atoms with E-state index in [-0.39, 0.29) is 22.8 Å². The highest BCUT2D eigenvalue weighted by Gasteiger charge is 2.33. The summed E-state index contributed by atoms with van der Waals surface area (Å²) in [6.45, 7) is 6.49. The Kier molecular flexibility index (Phi) is 4.46. The number of hydrogen-bond donors (Lipinski definition) is 1. The maximum Gasteiger partial charge on any atom is 0.410 e. The zero-order valence-corrected chi connectivity index (χ0v) is 13.4. The van der Waals surface area contributed by atoms with E-state index in [0.29, 0.717) is 18.8 Å². The van der Waals surface area contributed by atoms with Crippen LogP contribution in [-0.4, -0.2) is 40.6 Å². The fraction of sp³-hybridized carbons (Fsp3) is 0.500. The van der Waals surface area contributed by atoms with Crippen LogP contribution in [0.15, 0.2) is 18.2 Å². The second-order valence-electron chi connectivity index (χ2n) is 6.15. The lowest BCUT2D eigenvalue weighted by Gasteiger charge is -2.40. The van der Waals surface area contributed by atoms with Gasteiger partial charge < -0.3 is 15.0 Å². The van der Waals surface area contributed by atoms with Crippen LogP contribution >= 0.6 is 11.6 Å². The molecular formula is C14H18ClN3O4. The van der Waals surface area contributed by atoms with Gasteiger partial charge in [0, 0.05) is 24.8 Å². The van der Waals surface area contributed by atoms with Gasteiger partial charge in [-0.2, -0.15) is 0 Å². The molecule has 7 nitrogen and oxygen atoms in total. The summed E-state index contributed by atoms with van der Waals surface area (Å²) < 4.78 is 5.26. The number of carbonyl (C=O) groups is 1. The molecule has 1 aromatic rings. The molecule has 0 aromatic heterocycles. The predicted molar refractivity (Wildman–Crippen MR) is 83.3 cm³/mol. The molecule has 1 saturated heterocycles.